The van der Waals surface area contributed by atoms with Crippen LogP contribution >= 0.6 is 0 Å². The number of pyridine rings is 2. The van der Waals surface area contributed by atoms with Crippen LogP contribution in [0.2, 0.25) is 0 Å². The van der Waals surface area contributed by atoms with Crippen LogP contribution in [0.3, 0.4) is 0 Å². The van der Waals surface area contributed by atoms with Gasteiger partial charge in [-0.3, -0.25) is 19.8 Å². The van der Waals surface area contributed by atoms with Gasteiger partial charge in [-0.15, -0.1) is 0 Å². The van der Waals surface area contributed by atoms with Crippen molar-refractivity contribution >= 4 is 17.7 Å². The molecule has 3 heterocycles. The molecule has 1 amide bonds. The van der Waals surface area contributed by atoms with E-state index in [4.69, 9.17) is 0 Å². The second-order valence-electron chi connectivity index (χ2n) is 8.86. The molecule has 0 saturated heterocycles. The zero-order valence-corrected chi connectivity index (χ0v) is 22.2. The number of rotatable bonds is 7. The Bertz CT molecular complexity index is 1520. The molecule has 0 spiro atoms. The lowest BCUT2D eigenvalue weighted by Crippen LogP contribution is -2.24. The van der Waals surface area contributed by atoms with Gasteiger partial charge in [-0.25, -0.2) is 8.78 Å². The Morgan fingerprint density at radius 3 is 2.38 bits per heavy atom. The number of amides is 1. The Morgan fingerprint density at radius 1 is 0.897 bits per heavy atom. The normalized spacial score (nSPS) is 12.0. The molecule has 0 saturated carbocycles. The predicted molar refractivity (Wildman–Crippen MR) is 152 cm³/mol. The average molecular weight is 525 g/mol. The lowest BCUT2D eigenvalue weighted by Gasteiger charge is -2.13. The van der Waals surface area contributed by atoms with Crippen LogP contribution in [0.4, 0.5) is 8.78 Å². The van der Waals surface area contributed by atoms with E-state index in [0.717, 1.165) is 45.3 Å². The number of carbonyl (C=O) groups excluding carboxylic acids is 1. The Hall–Kier alpha value is -4.52. The minimum atomic E-state index is -0.674. The number of halogens is 2. The van der Waals surface area contributed by atoms with Gasteiger partial charge in [0.15, 0.2) is 0 Å². The summed E-state index contributed by atoms with van der Waals surface area (Å²) in [5.74, 6) is -1.65. The fourth-order valence-electron chi connectivity index (χ4n) is 4.35. The van der Waals surface area contributed by atoms with Crippen molar-refractivity contribution in [1.29, 1.82) is 0 Å². The molecular weight excluding hydrogens is 494 g/mol. The molecule has 0 bridgehead atoms. The smallest absolute Gasteiger partial charge is 0.251 e. The molecule has 0 radical (unpaired) electrons. The number of allylic oxidation sites excluding steroid dienone is 1. The van der Waals surface area contributed by atoms with Crippen LogP contribution in [0.25, 0.3) is 16.8 Å². The molecule has 5 rings (SSSR count). The molecule has 0 fully saturated rings. The fraction of sp³-hybridized carbons (Fsp3) is 0.188. The summed E-state index contributed by atoms with van der Waals surface area (Å²) in [4.78, 5) is 26.1. The highest BCUT2D eigenvalue weighted by atomic mass is 19.1. The number of nitrogens with zero attached hydrogens (tertiary/aromatic N) is 3. The molecule has 0 unspecified atom stereocenters. The first-order chi connectivity index (χ1) is 19.0. The number of carbonyl (C=O) groups is 1. The minimum absolute atomic E-state index is 0.0293. The van der Waals surface area contributed by atoms with Gasteiger partial charge in [-0.1, -0.05) is 32.1 Å². The van der Waals surface area contributed by atoms with Gasteiger partial charge >= 0.3 is 0 Å². The van der Waals surface area contributed by atoms with Crippen LogP contribution in [0.1, 0.15) is 52.2 Å². The molecule has 39 heavy (non-hydrogen) atoms. The molecule has 0 aliphatic carbocycles. The third-order valence-electron chi connectivity index (χ3n) is 6.28. The van der Waals surface area contributed by atoms with E-state index < -0.39 is 11.6 Å². The number of aromatic nitrogens is 2. The van der Waals surface area contributed by atoms with E-state index in [9.17, 15) is 13.6 Å². The highest BCUT2D eigenvalue weighted by Gasteiger charge is 2.13. The maximum absolute atomic E-state index is 13.5. The highest BCUT2D eigenvalue weighted by molar-refractivity contribution is 6.10. The summed E-state index contributed by atoms with van der Waals surface area (Å²) in [5.41, 5.74) is 7.46. The first-order valence-electron chi connectivity index (χ1n) is 12.9. The van der Waals surface area contributed by atoms with Crippen molar-refractivity contribution in [3.05, 3.63) is 124 Å². The van der Waals surface area contributed by atoms with Crippen molar-refractivity contribution in [2.24, 2.45) is 4.99 Å². The monoisotopic (exact) mass is 524 g/mol. The summed E-state index contributed by atoms with van der Waals surface area (Å²) >= 11 is 0. The van der Waals surface area contributed by atoms with E-state index in [0.29, 0.717) is 24.1 Å². The second kappa shape index (κ2) is 12.8. The standard InChI is InChI=1S/C30H24F2N4O.C2H6/c1-19-22(3-2-4-27(19)30(37)36-17-21-12-25(31)16-26(32)13-21)11-20-5-9-34-28(14-20)23-7-10-35-29(15-23)24-6-8-33-18-24;1-2/h2-7,9-10,12-16,18H,8,11,17H2,1H3,(H,36,37);1-2H3. The van der Waals surface area contributed by atoms with Crippen LogP contribution in [0, 0.1) is 18.6 Å². The summed E-state index contributed by atoms with van der Waals surface area (Å²) in [6, 6.07) is 16.7. The van der Waals surface area contributed by atoms with Gasteiger partial charge in [-0.2, -0.15) is 0 Å². The first kappa shape index (κ1) is 27.5. The quantitative estimate of drug-likeness (QED) is 0.291. The largest absolute Gasteiger partial charge is 0.348 e. The van der Waals surface area contributed by atoms with Gasteiger partial charge in [0.25, 0.3) is 5.91 Å². The molecule has 2 aromatic carbocycles. The van der Waals surface area contributed by atoms with E-state index >= 15 is 0 Å². The summed E-state index contributed by atoms with van der Waals surface area (Å²) in [6.45, 7) is 6.61. The van der Waals surface area contributed by atoms with Crippen molar-refractivity contribution < 1.29 is 13.6 Å². The summed E-state index contributed by atoms with van der Waals surface area (Å²) in [7, 11) is 0. The van der Waals surface area contributed by atoms with E-state index in [1.807, 2.05) is 69.5 Å². The van der Waals surface area contributed by atoms with Crippen molar-refractivity contribution in [1.82, 2.24) is 15.3 Å². The molecule has 198 valence electrons. The lowest BCUT2D eigenvalue weighted by molar-refractivity contribution is 0.0950. The molecule has 1 aliphatic heterocycles. The van der Waals surface area contributed by atoms with Crippen LogP contribution in [0.15, 0.2) is 84.1 Å². The predicted octanol–water partition coefficient (Wildman–Crippen LogP) is 6.75. The van der Waals surface area contributed by atoms with Crippen molar-refractivity contribution in [3.8, 4) is 11.3 Å². The molecule has 0 atom stereocenters. The Morgan fingerprint density at radius 2 is 1.64 bits per heavy atom. The van der Waals surface area contributed by atoms with E-state index in [1.165, 1.54) is 12.1 Å². The average Bonchev–Trinajstić information content (AvgIpc) is 3.49. The number of hydrogen-bond donors (Lipinski definition) is 1. The topological polar surface area (TPSA) is 67.2 Å². The zero-order valence-electron chi connectivity index (χ0n) is 22.2. The Kier molecular flexibility index (Phi) is 9.05. The van der Waals surface area contributed by atoms with E-state index in [1.54, 1.807) is 18.5 Å². The summed E-state index contributed by atoms with van der Waals surface area (Å²) in [6.07, 6.45) is 8.05. The molecule has 4 aromatic rings. The number of benzene rings is 2. The SMILES string of the molecule is CC.Cc1c(Cc2ccnc(-c3ccnc(C4=CCN=C4)c3)c2)cccc1C(=O)NCc1cc(F)cc(F)c1. The van der Waals surface area contributed by atoms with Gasteiger partial charge in [0.1, 0.15) is 11.6 Å². The van der Waals surface area contributed by atoms with E-state index in [2.05, 4.69) is 20.3 Å². The Labute approximate surface area is 227 Å². The van der Waals surface area contributed by atoms with E-state index in [-0.39, 0.29) is 12.5 Å². The molecule has 5 nitrogen and oxygen atoms in total. The van der Waals surface area contributed by atoms with Crippen LogP contribution < -0.4 is 5.32 Å². The fourth-order valence-corrected chi connectivity index (χ4v) is 4.35. The first-order valence-corrected chi connectivity index (χ1v) is 12.9. The maximum Gasteiger partial charge on any atom is 0.251 e. The van der Waals surface area contributed by atoms with Gasteiger partial charge in [0.05, 0.1) is 17.9 Å². The molecule has 7 heteroatoms. The Balaban J connectivity index is 0.00000172. The summed E-state index contributed by atoms with van der Waals surface area (Å²) < 4.78 is 26.9. The highest BCUT2D eigenvalue weighted by Crippen LogP contribution is 2.24. The molecule has 1 N–H and O–H groups in total. The minimum Gasteiger partial charge on any atom is -0.348 e. The van der Waals surface area contributed by atoms with Gasteiger partial charge in [-0.05, 0) is 78.1 Å². The number of hydrogen-bond acceptors (Lipinski definition) is 4. The second-order valence-corrected chi connectivity index (χ2v) is 8.86. The van der Waals surface area contributed by atoms with Crippen LogP contribution in [-0.4, -0.2) is 28.6 Å². The van der Waals surface area contributed by atoms with Crippen molar-refractivity contribution in [2.45, 2.75) is 33.7 Å². The number of nitrogens with one attached hydrogen (secondary N) is 1. The van der Waals surface area contributed by atoms with Gasteiger partial charge < -0.3 is 5.32 Å². The molecule has 1 aliphatic rings. The van der Waals surface area contributed by atoms with Gasteiger partial charge in [0, 0.05) is 47.9 Å². The van der Waals surface area contributed by atoms with Crippen LogP contribution in [0.5, 0.6) is 0 Å². The third kappa shape index (κ3) is 6.87. The van der Waals surface area contributed by atoms with Crippen molar-refractivity contribution in [2.75, 3.05) is 6.54 Å². The molecular formula is C32H30F2N4O. The van der Waals surface area contributed by atoms with Crippen LogP contribution in [-0.2, 0) is 13.0 Å². The number of aliphatic imine (C=N–C) groups is 1. The maximum atomic E-state index is 13.5. The van der Waals surface area contributed by atoms with Gasteiger partial charge in [0.2, 0.25) is 0 Å². The lowest BCUT2D eigenvalue weighted by atomic mass is 9.96. The molecule has 2 aromatic heterocycles. The third-order valence-corrected chi connectivity index (χ3v) is 6.28. The summed E-state index contributed by atoms with van der Waals surface area (Å²) in [5, 5.41) is 2.76. The van der Waals surface area contributed by atoms with Crippen molar-refractivity contribution in [3.63, 3.8) is 0 Å². The zero-order chi connectivity index (χ0) is 27.8.